The highest BCUT2D eigenvalue weighted by molar-refractivity contribution is 5.16. The molecule has 0 saturated carbocycles. The number of piperidine rings is 1. The van der Waals surface area contributed by atoms with Crippen LogP contribution in [0.3, 0.4) is 0 Å². The van der Waals surface area contributed by atoms with Crippen LogP contribution in [0.25, 0.3) is 0 Å². The zero-order valence-electron chi connectivity index (χ0n) is 9.01. The quantitative estimate of drug-likeness (QED) is 0.754. The molecule has 0 bridgehead atoms. The molecular weight excluding hydrogens is 174 g/mol. The van der Waals surface area contributed by atoms with E-state index in [-0.39, 0.29) is 0 Å². The summed E-state index contributed by atoms with van der Waals surface area (Å²) in [5.41, 5.74) is 2.49. The van der Waals surface area contributed by atoms with Crippen LogP contribution < -0.4 is 5.32 Å². The number of hydrogen-bond acceptors (Lipinski definition) is 2. The fourth-order valence-corrected chi connectivity index (χ4v) is 1.98. The Balaban J connectivity index is 2.07. The summed E-state index contributed by atoms with van der Waals surface area (Å²) in [5, 5.41) is 10.9. The van der Waals surface area contributed by atoms with Crippen molar-refractivity contribution in [1.29, 1.82) is 0 Å². The minimum atomic E-state index is 0.525. The first kappa shape index (κ1) is 9.71. The van der Waals surface area contributed by atoms with E-state index in [1.807, 2.05) is 0 Å². The van der Waals surface area contributed by atoms with Crippen LogP contribution in [0.15, 0.2) is 6.07 Å². The van der Waals surface area contributed by atoms with Crippen molar-refractivity contribution in [3.63, 3.8) is 0 Å². The zero-order chi connectivity index (χ0) is 9.97. The van der Waals surface area contributed by atoms with Gasteiger partial charge < -0.3 is 5.32 Å². The maximum atomic E-state index is 4.34. The van der Waals surface area contributed by atoms with Gasteiger partial charge in [-0.3, -0.25) is 5.10 Å². The summed E-state index contributed by atoms with van der Waals surface area (Å²) in [5.74, 6) is 1.17. The molecule has 1 aliphatic heterocycles. The molecule has 0 aliphatic carbocycles. The van der Waals surface area contributed by atoms with Crippen LogP contribution in [0, 0.1) is 0 Å². The maximum Gasteiger partial charge on any atom is 0.0650 e. The minimum absolute atomic E-state index is 0.525. The second kappa shape index (κ2) is 4.13. The monoisotopic (exact) mass is 193 g/mol. The molecule has 0 spiro atoms. The third-order valence-corrected chi connectivity index (χ3v) is 2.95. The topological polar surface area (TPSA) is 40.7 Å². The van der Waals surface area contributed by atoms with Crippen LogP contribution in [0.4, 0.5) is 0 Å². The molecule has 3 nitrogen and oxygen atoms in total. The van der Waals surface area contributed by atoms with E-state index in [1.54, 1.807) is 0 Å². The molecule has 14 heavy (non-hydrogen) atoms. The fraction of sp³-hybridized carbons (Fsp3) is 0.727. The molecule has 2 rings (SSSR count). The average molecular weight is 193 g/mol. The van der Waals surface area contributed by atoms with Gasteiger partial charge in [0.1, 0.15) is 0 Å². The van der Waals surface area contributed by atoms with Crippen LogP contribution >= 0.6 is 0 Å². The van der Waals surface area contributed by atoms with Crippen LogP contribution in [-0.2, 0) is 0 Å². The molecule has 0 amide bonds. The van der Waals surface area contributed by atoms with Gasteiger partial charge in [-0.15, -0.1) is 0 Å². The summed E-state index contributed by atoms with van der Waals surface area (Å²) in [7, 11) is 0. The summed E-state index contributed by atoms with van der Waals surface area (Å²) < 4.78 is 0. The van der Waals surface area contributed by atoms with E-state index in [1.165, 1.54) is 30.8 Å². The summed E-state index contributed by atoms with van der Waals surface area (Å²) in [6.07, 6.45) is 2.56. The second-order valence-electron chi connectivity index (χ2n) is 4.45. The van der Waals surface area contributed by atoms with Crippen LogP contribution in [0.2, 0.25) is 0 Å². The predicted molar refractivity (Wildman–Crippen MR) is 57.5 cm³/mol. The summed E-state index contributed by atoms with van der Waals surface area (Å²) in [6, 6.07) is 2.22. The Morgan fingerprint density at radius 1 is 1.50 bits per heavy atom. The van der Waals surface area contributed by atoms with Gasteiger partial charge in [0.15, 0.2) is 0 Å². The highest BCUT2D eigenvalue weighted by Gasteiger charge is 2.17. The van der Waals surface area contributed by atoms with Crippen molar-refractivity contribution in [2.75, 3.05) is 13.1 Å². The number of rotatable bonds is 2. The zero-order valence-corrected chi connectivity index (χ0v) is 9.01. The first-order valence-corrected chi connectivity index (χ1v) is 5.53. The lowest BCUT2D eigenvalue weighted by Gasteiger charge is -2.21. The Kier molecular flexibility index (Phi) is 2.87. The molecule has 0 radical (unpaired) electrons. The molecule has 2 N–H and O–H groups in total. The Bertz CT molecular complexity index is 284. The number of aromatic nitrogens is 2. The van der Waals surface area contributed by atoms with E-state index < -0.39 is 0 Å². The number of aromatic amines is 1. The molecule has 1 fully saturated rings. The lowest BCUT2D eigenvalue weighted by atomic mass is 9.95. The second-order valence-corrected chi connectivity index (χ2v) is 4.45. The number of hydrogen-bond donors (Lipinski definition) is 2. The van der Waals surface area contributed by atoms with E-state index in [0.717, 1.165) is 6.54 Å². The Morgan fingerprint density at radius 2 is 2.36 bits per heavy atom. The predicted octanol–water partition coefficient (Wildman–Crippen LogP) is 2.00. The Morgan fingerprint density at radius 3 is 2.93 bits per heavy atom. The molecule has 0 aromatic carbocycles. The number of nitrogens with zero attached hydrogens (tertiary/aromatic N) is 1. The van der Waals surface area contributed by atoms with Gasteiger partial charge in [0.05, 0.1) is 5.69 Å². The van der Waals surface area contributed by atoms with Crippen LogP contribution in [0.5, 0.6) is 0 Å². The summed E-state index contributed by atoms with van der Waals surface area (Å²) in [6.45, 7) is 6.62. The Hall–Kier alpha value is -0.830. The first-order chi connectivity index (χ1) is 6.77. The van der Waals surface area contributed by atoms with E-state index in [2.05, 4.69) is 35.4 Å². The van der Waals surface area contributed by atoms with Gasteiger partial charge in [-0.25, -0.2) is 0 Å². The molecule has 1 atom stereocenters. The SMILES string of the molecule is CC(C)c1cc(C2CCCNC2)[nH]n1. The highest BCUT2D eigenvalue weighted by atomic mass is 15.1. The van der Waals surface area contributed by atoms with Gasteiger partial charge in [-0.05, 0) is 31.4 Å². The first-order valence-electron chi connectivity index (χ1n) is 5.53. The van der Waals surface area contributed by atoms with E-state index in [4.69, 9.17) is 0 Å². The standard InChI is InChI=1S/C11H19N3/c1-8(2)10-6-11(14-13-10)9-4-3-5-12-7-9/h6,8-9,12H,3-5,7H2,1-2H3,(H,13,14). The van der Waals surface area contributed by atoms with Crippen molar-refractivity contribution in [3.05, 3.63) is 17.5 Å². The van der Waals surface area contributed by atoms with E-state index in [9.17, 15) is 0 Å². The van der Waals surface area contributed by atoms with Gasteiger partial charge in [0, 0.05) is 18.2 Å². The van der Waals surface area contributed by atoms with Gasteiger partial charge in [-0.2, -0.15) is 5.10 Å². The van der Waals surface area contributed by atoms with Crippen molar-refractivity contribution < 1.29 is 0 Å². The molecule has 3 heteroatoms. The Labute approximate surface area is 85.3 Å². The lowest BCUT2D eigenvalue weighted by molar-refractivity contribution is 0.454. The molecule has 1 aliphatic rings. The van der Waals surface area contributed by atoms with Crippen LogP contribution in [0.1, 0.15) is 49.9 Å². The maximum absolute atomic E-state index is 4.34. The molecule has 1 saturated heterocycles. The largest absolute Gasteiger partial charge is 0.316 e. The minimum Gasteiger partial charge on any atom is -0.316 e. The normalized spacial score (nSPS) is 22.9. The highest BCUT2D eigenvalue weighted by Crippen LogP contribution is 2.23. The van der Waals surface area contributed by atoms with Crippen molar-refractivity contribution in [2.45, 2.75) is 38.5 Å². The lowest BCUT2D eigenvalue weighted by Crippen LogP contribution is -2.28. The summed E-state index contributed by atoms with van der Waals surface area (Å²) in [4.78, 5) is 0. The van der Waals surface area contributed by atoms with Crippen molar-refractivity contribution in [3.8, 4) is 0 Å². The molecule has 1 aromatic heterocycles. The van der Waals surface area contributed by atoms with Gasteiger partial charge in [0.25, 0.3) is 0 Å². The third-order valence-electron chi connectivity index (χ3n) is 2.95. The third kappa shape index (κ3) is 1.98. The van der Waals surface area contributed by atoms with E-state index >= 15 is 0 Å². The fourth-order valence-electron chi connectivity index (χ4n) is 1.98. The molecule has 1 aromatic rings. The molecule has 2 heterocycles. The van der Waals surface area contributed by atoms with E-state index in [0.29, 0.717) is 11.8 Å². The number of H-pyrrole nitrogens is 1. The van der Waals surface area contributed by atoms with Gasteiger partial charge in [0.2, 0.25) is 0 Å². The van der Waals surface area contributed by atoms with Crippen molar-refractivity contribution in [2.24, 2.45) is 0 Å². The molecule has 1 unspecified atom stereocenters. The van der Waals surface area contributed by atoms with Gasteiger partial charge >= 0.3 is 0 Å². The smallest absolute Gasteiger partial charge is 0.0650 e. The average Bonchev–Trinajstić information content (AvgIpc) is 2.68. The number of nitrogens with one attached hydrogen (secondary N) is 2. The molecular formula is C11H19N3. The van der Waals surface area contributed by atoms with Gasteiger partial charge in [-0.1, -0.05) is 13.8 Å². The van der Waals surface area contributed by atoms with Crippen molar-refractivity contribution >= 4 is 0 Å². The van der Waals surface area contributed by atoms with Crippen LogP contribution in [-0.4, -0.2) is 23.3 Å². The molecule has 78 valence electrons. The summed E-state index contributed by atoms with van der Waals surface area (Å²) >= 11 is 0. The van der Waals surface area contributed by atoms with Crippen molar-refractivity contribution in [1.82, 2.24) is 15.5 Å².